The van der Waals surface area contributed by atoms with Crippen LogP contribution in [0.3, 0.4) is 0 Å². The Labute approximate surface area is 74.0 Å². The highest BCUT2D eigenvalue weighted by molar-refractivity contribution is 5.58. The Kier molecular flexibility index (Phi) is 2.54. The van der Waals surface area contributed by atoms with Crippen LogP contribution in [0.4, 0.5) is 0 Å². The van der Waals surface area contributed by atoms with Crippen molar-refractivity contribution in [2.45, 2.75) is 20.8 Å². The van der Waals surface area contributed by atoms with Crippen LogP contribution in [0.5, 0.6) is 0 Å². The molecule has 64 valence electrons. The van der Waals surface area contributed by atoms with Crippen LogP contribution >= 0.6 is 0 Å². The summed E-state index contributed by atoms with van der Waals surface area (Å²) in [6, 6.07) is 4.23. The van der Waals surface area contributed by atoms with Crippen molar-refractivity contribution in [3.8, 4) is 0 Å². The average Bonchev–Trinajstić information content (AvgIpc) is 2.38. The topological polar surface area (TPSA) is 4.93 Å². The molecule has 0 bridgehead atoms. The molecule has 0 amide bonds. The van der Waals surface area contributed by atoms with Gasteiger partial charge in [-0.25, -0.2) is 0 Å². The van der Waals surface area contributed by atoms with Crippen LogP contribution in [-0.2, 0) is 0 Å². The van der Waals surface area contributed by atoms with Gasteiger partial charge in [0.15, 0.2) is 0 Å². The second kappa shape index (κ2) is 3.44. The molecule has 0 aromatic carbocycles. The molecule has 1 nitrogen and oxygen atoms in total. The van der Waals surface area contributed by atoms with Crippen LogP contribution in [0.2, 0.25) is 0 Å². The molecule has 1 aromatic heterocycles. The molecule has 1 heterocycles. The van der Waals surface area contributed by atoms with Crippen molar-refractivity contribution >= 4 is 5.70 Å². The number of nitrogens with zero attached hydrogens (tertiary/aromatic N) is 1. The van der Waals surface area contributed by atoms with E-state index in [0.717, 1.165) is 5.70 Å². The second-order valence-corrected chi connectivity index (χ2v) is 2.87. The number of aryl methyl sites for hydroxylation is 2. The van der Waals surface area contributed by atoms with Crippen molar-refractivity contribution in [2.24, 2.45) is 0 Å². The van der Waals surface area contributed by atoms with Crippen LogP contribution in [0.15, 0.2) is 30.9 Å². The summed E-state index contributed by atoms with van der Waals surface area (Å²) < 4.78 is 2.19. The van der Waals surface area contributed by atoms with E-state index in [1.165, 1.54) is 11.4 Å². The SMILES string of the molecule is C=C/C(=C/C)n1c(C)ccc1C. The zero-order valence-electron chi connectivity index (χ0n) is 7.96. The third kappa shape index (κ3) is 1.35. The molecule has 0 radical (unpaired) electrons. The summed E-state index contributed by atoms with van der Waals surface area (Å²) in [6.07, 6.45) is 3.94. The lowest BCUT2D eigenvalue weighted by Crippen LogP contribution is -1.98. The Bertz CT molecular complexity index is 296. The van der Waals surface area contributed by atoms with Gasteiger partial charge in [0.05, 0.1) is 0 Å². The Morgan fingerprint density at radius 1 is 1.33 bits per heavy atom. The molecule has 1 heteroatoms. The third-order valence-corrected chi connectivity index (χ3v) is 2.03. The van der Waals surface area contributed by atoms with Gasteiger partial charge in [0.2, 0.25) is 0 Å². The standard InChI is InChI=1S/C11H15N/c1-5-11(6-2)12-9(3)7-8-10(12)4/h5-8H,1H2,2-4H3/b11-6-. The van der Waals surface area contributed by atoms with Gasteiger partial charge in [-0.05, 0) is 39.0 Å². The van der Waals surface area contributed by atoms with Crippen LogP contribution in [0, 0.1) is 13.8 Å². The molecule has 0 aliphatic rings. The molecule has 0 aliphatic carbocycles. The van der Waals surface area contributed by atoms with E-state index in [1.807, 2.05) is 13.0 Å². The lowest BCUT2D eigenvalue weighted by atomic mass is 10.3. The van der Waals surface area contributed by atoms with Crippen molar-refractivity contribution < 1.29 is 0 Å². The van der Waals surface area contributed by atoms with Crippen molar-refractivity contribution in [3.63, 3.8) is 0 Å². The lowest BCUT2D eigenvalue weighted by molar-refractivity contribution is 0.997. The van der Waals surface area contributed by atoms with Crippen LogP contribution in [-0.4, -0.2) is 4.57 Å². The highest BCUT2D eigenvalue weighted by Gasteiger charge is 2.01. The summed E-state index contributed by atoms with van der Waals surface area (Å²) in [7, 11) is 0. The van der Waals surface area contributed by atoms with Crippen LogP contribution < -0.4 is 0 Å². The first-order valence-electron chi connectivity index (χ1n) is 4.14. The zero-order chi connectivity index (χ0) is 9.14. The van der Waals surface area contributed by atoms with E-state index in [0.29, 0.717) is 0 Å². The van der Waals surface area contributed by atoms with Gasteiger partial charge in [0, 0.05) is 17.1 Å². The van der Waals surface area contributed by atoms with Crippen LogP contribution in [0.25, 0.3) is 5.70 Å². The molecule has 1 rings (SSSR count). The molecule has 0 fully saturated rings. The smallest absolute Gasteiger partial charge is 0.0406 e. The van der Waals surface area contributed by atoms with Crippen molar-refractivity contribution in [1.82, 2.24) is 4.57 Å². The molecular formula is C11H15N. The molecule has 0 unspecified atom stereocenters. The van der Waals surface area contributed by atoms with Crippen molar-refractivity contribution in [3.05, 3.63) is 42.3 Å². The largest absolute Gasteiger partial charge is 0.319 e. The lowest BCUT2D eigenvalue weighted by Gasteiger charge is -2.08. The van der Waals surface area contributed by atoms with Gasteiger partial charge in [0.25, 0.3) is 0 Å². The molecule has 0 spiro atoms. The van der Waals surface area contributed by atoms with Gasteiger partial charge >= 0.3 is 0 Å². The molecule has 0 saturated heterocycles. The summed E-state index contributed by atoms with van der Waals surface area (Å²) in [4.78, 5) is 0. The Hall–Kier alpha value is -1.24. The molecule has 1 aromatic rings. The zero-order valence-corrected chi connectivity index (χ0v) is 7.96. The monoisotopic (exact) mass is 161 g/mol. The first-order chi connectivity index (χ1) is 5.70. The quantitative estimate of drug-likeness (QED) is 0.587. The molecule has 0 atom stereocenters. The first-order valence-corrected chi connectivity index (χ1v) is 4.14. The molecule has 0 N–H and O–H groups in total. The maximum atomic E-state index is 3.78. The van der Waals surface area contributed by atoms with E-state index >= 15 is 0 Å². The minimum Gasteiger partial charge on any atom is -0.319 e. The number of allylic oxidation sites excluding steroid dienone is 3. The van der Waals surface area contributed by atoms with E-state index in [4.69, 9.17) is 0 Å². The van der Waals surface area contributed by atoms with Gasteiger partial charge in [-0.3, -0.25) is 0 Å². The van der Waals surface area contributed by atoms with E-state index in [1.54, 1.807) is 0 Å². The van der Waals surface area contributed by atoms with Crippen molar-refractivity contribution in [2.75, 3.05) is 0 Å². The van der Waals surface area contributed by atoms with E-state index < -0.39 is 0 Å². The maximum Gasteiger partial charge on any atom is 0.0406 e. The summed E-state index contributed by atoms with van der Waals surface area (Å²) in [6.45, 7) is 10.00. The summed E-state index contributed by atoms with van der Waals surface area (Å²) in [5, 5.41) is 0. The first kappa shape index (κ1) is 8.85. The fraction of sp³-hybridized carbons (Fsp3) is 0.273. The minimum atomic E-state index is 1.15. The number of rotatable bonds is 2. The van der Waals surface area contributed by atoms with Gasteiger partial charge in [0.1, 0.15) is 0 Å². The fourth-order valence-electron chi connectivity index (χ4n) is 1.41. The van der Waals surface area contributed by atoms with Gasteiger partial charge < -0.3 is 4.57 Å². The highest BCUT2D eigenvalue weighted by atomic mass is 15.0. The van der Waals surface area contributed by atoms with Gasteiger partial charge in [-0.1, -0.05) is 12.7 Å². The summed E-state index contributed by atoms with van der Waals surface area (Å²) in [5.41, 5.74) is 3.65. The summed E-state index contributed by atoms with van der Waals surface area (Å²) >= 11 is 0. The molecule has 0 aliphatic heterocycles. The summed E-state index contributed by atoms with van der Waals surface area (Å²) in [5.74, 6) is 0. The fourth-order valence-corrected chi connectivity index (χ4v) is 1.41. The predicted octanol–water partition coefficient (Wildman–Crippen LogP) is 3.15. The molecular weight excluding hydrogens is 146 g/mol. The Balaban J connectivity index is 3.25. The van der Waals surface area contributed by atoms with Crippen LogP contribution in [0.1, 0.15) is 18.3 Å². The Morgan fingerprint density at radius 3 is 2.17 bits per heavy atom. The third-order valence-electron chi connectivity index (χ3n) is 2.03. The minimum absolute atomic E-state index is 1.15. The number of hydrogen-bond donors (Lipinski definition) is 0. The van der Waals surface area contributed by atoms with Gasteiger partial charge in [-0.2, -0.15) is 0 Å². The predicted molar refractivity (Wildman–Crippen MR) is 54.1 cm³/mol. The number of aromatic nitrogens is 1. The van der Waals surface area contributed by atoms with E-state index in [9.17, 15) is 0 Å². The molecule has 0 saturated carbocycles. The average molecular weight is 161 g/mol. The molecule has 12 heavy (non-hydrogen) atoms. The van der Waals surface area contributed by atoms with Gasteiger partial charge in [-0.15, -0.1) is 0 Å². The number of hydrogen-bond acceptors (Lipinski definition) is 0. The van der Waals surface area contributed by atoms with Crippen molar-refractivity contribution in [1.29, 1.82) is 0 Å². The van der Waals surface area contributed by atoms with E-state index in [-0.39, 0.29) is 0 Å². The second-order valence-electron chi connectivity index (χ2n) is 2.87. The normalized spacial score (nSPS) is 11.8. The van der Waals surface area contributed by atoms with E-state index in [2.05, 4.69) is 43.2 Å². The highest BCUT2D eigenvalue weighted by Crippen LogP contribution is 2.14. The Morgan fingerprint density at radius 2 is 1.83 bits per heavy atom. The maximum absolute atomic E-state index is 3.78.